The number of halogens is 1. The third-order valence-electron chi connectivity index (χ3n) is 1.70. The zero-order valence-electron chi connectivity index (χ0n) is 7.03. The Morgan fingerprint density at radius 3 is 2.77 bits per heavy atom. The molecule has 0 aromatic heterocycles. The van der Waals surface area contributed by atoms with Gasteiger partial charge in [0.1, 0.15) is 10.0 Å². The van der Waals surface area contributed by atoms with Crippen LogP contribution in [0.3, 0.4) is 0 Å². The van der Waals surface area contributed by atoms with E-state index in [-0.39, 0.29) is 12.1 Å². The molecule has 0 saturated carbocycles. The summed E-state index contributed by atoms with van der Waals surface area (Å²) in [4.78, 5) is 21.9. The predicted molar refractivity (Wildman–Crippen MR) is 53.4 cm³/mol. The molecule has 0 radical (unpaired) electrons. The number of carbonyl (C=O) groups is 2. The molecule has 1 aliphatic rings. The number of carbonyl (C=O) groups excluding carboxylic acids is 2. The highest BCUT2D eigenvalue weighted by atomic mass is 127. The second kappa shape index (κ2) is 4.08. The Morgan fingerprint density at radius 2 is 2.38 bits per heavy atom. The molecular formula is C8H9IO4. The van der Waals surface area contributed by atoms with E-state index in [4.69, 9.17) is 9.47 Å². The van der Waals surface area contributed by atoms with Gasteiger partial charge in [-0.25, -0.2) is 4.79 Å². The lowest BCUT2D eigenvalue weighted by Gasteiger charge is -2.14. The highest BCUT2D eigenvalue weighted by Crippen LogP contribution is 2.25. The monoisotopic (exact) mass is 296 g/mol. The normalized spacial score (nSPS) is 32.5. The number of cyclic esters (lactones) is 1. The third kappa shape index (κ3) is 2.20. The number of ether oxygens (including phenoxy) is 2. The molecular weight excluding hydrogens is 287 g/mol. The van der Waals surface area contributed by atoms with Crippen molar-refractivity contribution in [2.45, 2.75) is 23.1 Å². The van der Waals surface area contributed by atoms with Crippen LogP contribution >= 0.6 is 22.6 Å². The molecule has 0 aromatic rings. The summed E-state index contributed by atoms with van der Waals surface area (Å²) in [6.07, 6.45) is 0.190. The molecule has 1 saturated heterocycles. The Hall–Kier alpha value is -0.590. The van der Waals surface area contributed by atoms with Crippen LogP contribution in [0.5, 0.6) is 0 Å². The van der Waals surface area contributed by atoms with E-state index in [1.807, 2.05) is 22.6 Å². The molecule has 0 amide bonds. The summed E-state index contributed by atoms with van der Waals surface area (Å²) in [7, 11) is 0. The first kappa shape index (κ1) is 10.5. The third-order valence-corrected chi connectivity index (χ3v) is 2.91. The van der Waals surface area contributed by atoms with Gasteiger partial charge >= 0.3 is 11.9 Å². The quantitative estimate of drug-likeness (QED) is 0.328. The van der Waals surface area contributed by atoms with E-state index in [9.17, 15) is 9.59 Å². The average molecular weight is 296 g/mol. The fourth-order valence-corrected chi connectivity index (χ4v) is 1.90. The van der Waals surface area contributed by atoms with E-state index < -0.39 is 16.0 Å². The predicted octanol–water partition coefficient (Wildman–Crippen LogP) is 0.833. The van der Waals surface area contributed by atoms with Gasteiger partial charge in [0.15, 0.2) is 6.10 Å². The molecule has 0 aromatic carbocycles. The van der Waals surface area contributed by atoms with Gasteiger partial charge in [-0.05, 0) is 6.92 Å². The van der Waals surface area contributed by atoms with Crippen molar-refractivity contribution < 1.29 is 19.1 Å². The van der Waals surface area contributed by atoms with Gasteiger partial charge in [0, 0.05) is 6.08 Å². The van der Waals surface area contributed by atoms with Crippen molar-refractivity contribution in [3.05, 3.63) is 12.7 Å². The van der Waals surface area contributed by atoms with Crippen LogP contribution < -0.4 is 0 Å². The molecule has 5 heteroatoms. The van der Waals surface area contributed by atoms with Gasteiger partial charge in [0.2, 0.25) is 0 Å². The Morgan fingerprint density at radius 1 is 1.77 bits per heavy atom. The van der Waals surface area contributed by atoms with E-state index in [1.54, 1.807) is 6.92 Å². The average Bonchev–Trinajstić information content (AvgIpc) is 2.32. The van der Waals surface area contributed by atoms with Crippen LogP contribution in [0.4, 0.5) is 0 Å². The van der Waals surface area contributed by atoms with Gasteiger partial charge in [0.05, 0.1) is 0 Å². The van der Waals surface area contributed by atoms with Crippen molar-refractivity contribution in [1.82, 2.24) is 0 Å². The summed E-state index contributed by atoms with van der Waals surface area (Å²) < 4.78 is 9.40. The smallest absolute Gasteiger partial charge is 0.330 e. The maximum absolute atomic E-state index is 11.0. The van der Waals surface area contributed by atoms with E-state index >= 15 is 0 Å². The Kier molecular flexibility index (Phi) is 3.29. The van der Waals surface area contributed by atoms with Crippen LogP contribution in [-0.2, 0) is 19.1 Å². The van der Waals surface area contributed by atoms with E-state index in [0.29, 0.717) is 0 Å². The van der Waals surface area contributed by atoms with Crippen molar-refractivity contribution in [2.24, 2.45) is 0 Å². The summed E-state index contributed by atoms with van der Waals surface area (Å²) in [5.41, 5.74) is 0. The fourth-order valence-electron chi connectivity index (χ4n) is 1.03. The fraction of sp³-hybridized carbons (Fsp3) is 0.500. The van der Waals surface area contributed by atoms with E-state index in [1.165, 1.54) is 0 Å². The SMILES string of the molecule is C=CC(=O)OC1C(C)OC(=O)C1I. The lowest BCUT2D eigenvalue weighted by molar-refractivity contribution is -0.147. The lowest BCUT2D eigenvalue weighted by atomic mass is 10.2. The van der Waals surface area contributed by atoms with Crippen LogP contribution in [0, 0.1) is 0 Å². The maximum Gasteiger partial charge on any atom is 0.330 e. The Bertz CT molecular complexity index is 251. The topological polar surface area (TPSA) is 52.6 Å². The molecule has 3 atom stereocenters. The van der Waals surface area contributed by atoms with E-state index in [0.717, 1.165) is 6.08 Å². The van der Waals surface area contributed by atoms with Crippen molar-refractivity contribution in [1.29, 1.82) is 0 Å². The summed E-state index contributed by atoms with van der Waals surface area (Å²) >= 11 is 1.90. The van der Waals surface area contributed by atoms with E-state index in [2.05, 4.69) is 6.58 Å². The Labute approximate surface area is 89.4 Å². The summed E-state index contributed by atoms with van der Waals surface area (Å²) in [6.45, 7) is 4.96. The molecule has 0 bridgehead atoms. The van der Waals surface area contributed by atoms with Gasteiger partial charge in [-0.2, -0.15) is 0 Å². The van der Waals surface area contributed by atoms with Crippen LogP contribution in [0.2, 0.25) is 0 Å². The largest absolute Gasteiger partial charge is 0.458 e. The first-order chi connectivity index (χ1) is 6.06. The molecule has 0 spiro atoms. The molecule has 0 aliphatic carbocycles. The number of esters is 2. The molecule has 0 N–H and O–H groups in total. The second-order valence-electron chi connectivity index (χ2n) is 2.65. The van der Waals surface area contributed by atoms with Gasteiger partial charge in [0.25, 0.3) is 0 Å². The van der Waals surface area contributed by atoms with Crippen LogP contribution in [0.15, 0.2) is 12.7 Å². The van der Waals surface area contributed by atoms with Crippen molar-refractivity contribution in [3.8, 4) is 0 Å². The highest BCUT2D eigenvalue weighted by Gasteiger charge is 2.43. The number of hydrogen-bond acceptors (Lipinski definition) is 4. The zero-order valence-corrected chi connectivity index (χ0v) is 9.18. The van der Waals surface area contributed by atoms with Gasteiger partial charge < -0.3 is 9.47 Å². The first-order valence-electron chi connectivity index (χ1n) is 3.74. The molecule has 3 unspecified atom stereocenters. The summed E-state index contributed by atoms with van der Waals surface area (Å²) in [6, 6.07) is 0. The highest BCUT2D eigenvalue weighted by molar-refractivity contribution is 14.1. The molecule has 1 aliphatic heterocycles. The lowest BCUT2D eigenvalue weighted by Crippen LogP contribution is -2.30. The molecule has 1 heterocycles. The van der Waals surface area contributed by atoms with Crippen LogP contribution in [0.25, 0.3) is 0 Å². The minimum Gasteiger partial charge on any atom is -0.458 e. The molecule has 13 heavy (non-hydrogen) atoms. The minimum absolute atomic E-state index is 0.338. The van der Waals surface area contributed by atoms with Crippen LogP contribution in [-0.4, -0.2) is 28.1 Å². The number of rotatable bonds is 2. The maximum atomic E-state index is 11.0. The number of alkyl halides is 1. The minimum atomic E-state index is -0.531. The molecule has 1 fully saturated rings. The Balaban J connectivity index is 2.63. The standard InChI is InChI=1S/C8H9IO4/c1-3-5(10)13-7-4(2)12-8(11)6(7)9/h3-4,6-7H,1H2,2H3. The van der Waals surface area contributed by atoms with Crippen molar-refractivity contribution >= 4 is 34.5 Å². The van der Waals surface area contributed by atoms with Gasteiger partial charge in [-0.1, -0.05) is 29.2 Å². The molecule has 4 nitrogen and oxygen atoms in total. The summed E-state index contributed by atoms with van der Waals surface area (Å²) in [5, 5.41) is 0. The zero-order chi connectivity index (χ0) is 10.0. The second-order valence-corrected chi connectivity index (χ2v) is 3.99. The first-order valence-corrected chi connectivity index (χ1v) is 4.98. The van der Waals surface area contributed by atoms with Gasteiger partial charge in [-0.15, -0.1) is 0 Å². The molecule has 1 rings (SSSR count). The van der Waals surface area contributed by atoms with Gasteiger partial charge in [-0.3, -0.25) is 4.79 Å². The molecule has 72 valence electrons. The number of hydrogen-bond donors (Lipinski definition) is 0. The van der Waals surface area contributed by atoms with Crippen LogP contribution in [0.1, 0.15) is 6.92 Å². The van der Waals surface area contributed by atoms with Crippen molar-refractivity contribution in [2.75, 3.05) is 0 Å². The summed E-state index contributed by atoms with van der Waals surface area (Å²) in [5.74, 6) is -0.869. The van der Waals surface area contributed by atoms with Crippen molar-refractivity contribution in [3.63, 3.8) is 0 Å².